The molecule has 1 aromatic carbocycles. The van der Waals surface area contributed by atoms with Gasteiger partial charge in [0.2, 0.25) is 0 Å². The summed E-state index contributed by atoms with van der Waals surface area (Å²) in [6.45, 7) is 8.74. The Labute approximate surface area is 189 Å². The molecule has 1 aliphatic carbocycles. The molecule has 2 heterocycles. The van der Waals surface area contributed by atoms with Gasteiger partial charge in [-0.25, -0.2) is 12.1 Å². The van der Waals surface area contributed by atoms with Gasteiger partial charge >= 0.3 is 41.9 Å². The van der Waals surface area contributed by atoms with Gasteiger partial charge in [0.15, 0.2) is 0 Å². The van der Waals surface area contributed by atoms with Crippen molar-refractivity contribution in [2.75, 3.05) is 5.75 Å². The molecule has 0 saturated carbocycles. The Bertz CT molecular complexity index is 767. The standard InChI is InChI=1S/C13H11OS.C5H5.C2H6Si.2ClH.Zr/c1-8-3-6-12-13(8)10(7-15-12)11-5-4-9(2)14-11;1-2-4-5-3-1;1-3-2;;;/h3-5H,7H2,1-2H3;1-5H;1-2H3;2*1H;/q2*-1;;;;+2/p-2. The minimum absolute atomic E-state index is 0. The number of halogens is 2. The monoisotopic (exact) mass is 498 g/mol. The number of aryl methyl sites for hydroxylation is 1. The fourth-order valence-corrected chi connectivity index (χ4v) is 3.46. The Morgan fingerprint density at radius 2 is 1.77 bits per heavy atom. The minimum atomic E-state index is 0. The third kappa shape index (κ3) is 7.86. The summed E-state index contributed by atoms with van der Waals surface area (Å²) in [7, 11) is 0. The van der Waals surface area contributed by atoms with Gasteiger partial charge in [0, 0.05) is 5.75 Å². The number of fused-ring (bicyclic) bond motifs is 1. The molecule has 0 atom stereocenters. The number of rotatable bonds is 1. The van der Waals surface area contributed by atoms with Gasteiger partial charge in [0.25, 0.3) is 0 Å². The first-order chi connectivity index (χ1) is 11.5. The number of allylic oxidation sites excluding steroid dienone is 4. The van der Waals surface area contributed by atoms with Gasteiger partial charge < -0.3 is 29.2 Å². The van der Waals surface area contributed by atoms with Crippen molar-refractivity contribution in [3.63, 3.8) is 0 Å². The quantitative estimate of drug-likeness (QED) is 0.402. The fraction of sp³-hybridized carbons (Fsp3) is 0.250. The maximum absolute atomic E-state index is 5.68. The van der Waals surface area contributed by atoms with Crippen LogP contribution in [0.15, 0.2) is 69.0 Å². The zero-order valence-electron chi connectivity index (χ0n) is 15.4. The Kier molecular flexibility index (Phi) is 13.1. The average Bonchev–Trinajstić information content (AvgIpc) is 3.26. The molecule has 26 heavy (non-hydrogen) atoms. The minimum Gasteiger partial charge on any atom is -1.00 e. The molecule has 0 spiro atoms. The van der Waals surface area contributed by atoms with Crippen LogP contribution < -0.4 is 24.8 Å². The normalized spacial score (nSPS) is 13.8. The summed E-state index contributed by atoms with van der Waals surface area (Å²) in [5.41, 5.74) is 4.18. The topological polar surface area (TPSA) is 13.1 Å². The molecule has 1 nitrogen and oxygen atoms in total. The summed E-state index contributed by atoms with van der Waals surface area (Å²) in [4.78, 5) is 1.27. The molecular weight excluding hydrogens is 479 g/mol. The van der Waals surface area contributed by atoms with Gasteiger partial charge in [-0.3, -0.25) is 0 Å². The first-order valence-corrected chi connectivity index (χ1v) is 15.1. The zero-order valence-corrected chi connectivity index (χ0v) is 21.2. The second-order valence-corrected chi connectivity index (χ2v) is 16.2. The van der Waals surface area contributed by atoms with Crippen LogP contribution in [0, 0.1) is 13.0 Å². The molecule has 1 aliphatic heterocycles. The van der Waals surface area contributed by atoms with Crippen LogP contribution in [0.5, 0.6) is 0 Å². The van der Waals surface area contributed by atoms with Crippen molar-refractivity contribution in [2.45, 2.75) is 26.9 Å². The molecule has 0 saturated heterocycles. The Morgan fingerprint density at radius 1 is 1.15 bits per heavy atom. The van der Waals surface area contributed by atoms with E-state index in [1.165, 1.54) is 21.6 Å². The van der Waals surface area contributed by atoms with Gasteiger partial charge in [-0.15, -0.1) is 16.7 Å². The van der Waals surface area contributed by atoms with E-state index in [2.05, 4.69) is 38.2 Å². The summed E-state index contributed by atoms with van der Waals surface area (Å²) < 4.78 is 5.68. The average molecular weight is 501 g/mol. The molecule has 2 aliphatic rings. The first-order valence-electron chi connectivity index (χ1n) is 7.91. The van der Waals surface area contributed by atoms with Crippen LogP contribution in [0.25, 0.3) is 5.57 Å². The molecule has 0 N–H and O–H groups in total. The van der Waals surface area contributed by atoms with Crippen molar-refractivity contribution in [3.05, 3.63) is 82.2 Å². The smallest absolute Gasteiger partial charge is 0.172 e. The van der Waals surface area contributed by atoms with E-state index in [0.29, 0.717) is 0 Å². The maximum Gasteiger partial charge on any atom is -0.172 e. The molecule has 0 bridgehead atoms. The number of thioether (sulfide) groups is 1. The van der Waals surface area contributed by atoms with Crippen LogP contribution in [0.2, 0.25) is 13.1 Å². The fourth-order valence-electron chi connectivity index (χ4n) is 2.31. The molecule has 6 heteroatoms. The molecule has 0 fully saturated rings. The predicted octanol–water partition coefficient (Wildman–Crippen LogP) is -0.0668. The molecule has 1 aromatic heterocycles. The number of furan rings is 1. The summed E-state index contributed by atoms with van der Waals surface area (Å²) >= 11 is 3.59. The van der Waals surface area contributed by atoms with E-state index >= 15 is 0 Å². The predicted molar refractivity (Wildman–Crippen MR) is 103 cm³/mol. The molecule has 4 rings (SSSR count). The second kappa shape index (κ2) is 13.1. The van der Waals surface area contributed by atoms with Gasteiger partial charge in [0.05, 0.1) is 0 Å². The Morgan fingerprint density at radius 3 is 2.23 bits per heavy atom. The molecular formula is C20H22Cl2OSSiZr-2. The molecule has 0 amide bonds. The largest absolute Gasteiger partial charge is 1.00 e. The van der Waals surface area contributed by atoms with Crippen molar-refractivity contribution in [3.8, 4) is 0 Å². The zero-order chi connectivity index (χ0) is 17.5. The third-order valence-electron chi connectivity index (χ3n) is 3.30. The van der Waals surface area contributed by atoms with Crippen LogP contribution in [-0.2, 0) is 23.3 Å². The van der Waals surface area contributed by atoms with E-state index in [4.69, 9.17) is 4.42 Å². The summed E-state index contributed by atoms with van der Waals surface area (Å²) in [6.07, 6.45) is 5.36. The van der Waals surface area contributed by atoms with Crippen LogP contribution in [0.1, 0.15) is 18.4 Å². The van der Waals surface area contributed by atoms with Crippen LogP contribution in [-0.4, -0.2) is 11.2 Å². The van der Waals surface area contributed by atoms with E-state index in [1.54, 1.807) is 23.3 Å². The van der Waals surface area contributed by atoms with Gasteiger partial charge in [-0.05, 0) is 19.1 Å². The van der Waals surface area contributed by atoms with Crippen molar-refractivity contribution in [1.29, 1.82) is 0 Å². The van der Waals surface area contributed by atoms with E-state index in [-0.39, 0.29) is 30.2 Å². The van der Waals surface area contributed by atoms with Gasteiger partial charge in [0.1, 0.15) is 11.5 Å². The van der Waals surface area contributed by atoms with Crippen molar-refractivity contribution in [2.24, 2.45) is 0 Å². The molecule has 0 unspecified atom stereocenters. The Hall–Kier alpha value is -0.120. The molecule has 0 radical (unpaired) electrons. The van der Waals surface area contributed by atoms with E-state index in [1.807, 2.05) is 55.1 Å². The first kappa shape index (κ1) is 25.9. The van der Waals surface area contributed by atoms with E-state index in [9.17, 15) is 0 Å². The number of hydrogen-bond donors (Lipinski definition) is 0. The van der Waals surface area contributed by atoms with Gasteiger partial charge in [-0.1, -0.05) is 12.5 Å². The molecule has 2 aromatic rings. The summed E-state index contributed by atoms with van der Waals surface area (Å²) in [6, 6.07) is 14.1. The SMILES string of the molecule is CC1=C[C-]=C2SCC(c3ccc(C)o3)=C21.C[Si](C)=[Zr+2].[Cl-].[Cl-].c1cc[cH-]c1. The van der Waals surface area contributed by atoms with Crippen LogP contribution in [0.4, 0.5) is 0 Å². The summed E-state index contributed by atoms with van der Waals surface area (Å²) in [5.74, 6) is 3.00. The third-order valence-corrected chi connectivity index (χ3v) is 4.34. The maximum atomic E-state index is 5.68. The van der Waals surface area contributed by atoms with E-state index < -0.39 is 0 Å². The Balaban J connectivity index is 0.000000480. The number of hydrogen-bond acceptors (Lipinski definition) is 2. The van der Waals surface area contributed by atoms with E-state index in [0.717, 1.165) is 17.3 Å². The van der Waals surface area contributed by atoms with Crippen LogP contribution in [0.3, 0.4) is 0 Å². The summed E-state index contributed by atoms with van der Waals surface area (Å²) in [5, 5.41) is 0. The van der Waals surface area contributed by atoms with Crippen molar-refractivity contribution in [1.82, 2.24) is 0 Å². The second-order valence-electron chi connectivity index (χ2n) is 5.82. The van der Waals surface area contributed by atoms with Gasteiger partial charge in [-0.2, -0.15) is 41.5 Å². The van der Waals surface area contributed by atoms with Crippen LogP contribution >= 0.6 is 11.8 Å². The van der Waals surface area contributed by atoms with Crippen molar-refractivity contribution >= 4 is 22.8 Å². The van der Waals surface area contributed by atoms with Crippen molar-refractivity contribution < 1.29 is 52.6 Å². The molecule has 138 valence electrons.